The smallest absolute Gasteiger partial charge is 0.407 e. The molecule has 10 heteroatoms. The first kappa shape index (κ1) is 20.6. The number of amides is 1. The van der Waals surface area contributed by atoms with Gasteiger partial charge >= 0.3 is 6.09 Å². The predicted molar refractivity (Wildman–Crippen MR) is 116 cm³/mol. The Bertz CT molecular complexity index is 1080. The van der Waals surface area contributed by atoms with Crippen LogP contribution in [-0.2, 0) is 17.8 Å². The number of anilines is 2. The summed E-state index contributed by atoms with van der Waals surface area (Å²) in [6.45, 7) is 1.63. The van der Waals surface area contributed by atoms with E-state index in [0.29, 0.717) is 42.4 Å². The Morgan fingerprint density at radius 2 is 2.10 bits per heavy atom. The van der Waals surface area contributed by atoms with Crippen LogP contribution in [0.25, 0.3) is 11.2 Å². The summed E-state index contributed by atoms with van der Waals surface area (Å²) in [5, 5.41) is 2.74. The van der Waals surface area contributed by atoms with E-state index in [9.17, 15) is 4.79 Å². The Morgan fingerprint density at radius 1 is 1.26 bits per heavy atom. The van der Waals surface area contributed by atoms with Gasteiger partial charge in [-0.1, -0.05) is 6.07 Å². The molecule has 0 bridgehead atoms. The highest BCUT2D eigenvalue weighted by Crippen LogP contribution is 2.32. The summed E-state index contributed by atoms with van der Waals surface area (Å²) < 4.78 is 17.8. The largest absolute Gasteiger partial charge is 0.454 e. The molecule has 10 nitrogen and oxygen atoms in total. The van der Waals surface area contributed by atoms with Crippen molar-refractivity contribution in [1.29, 1.82) is 0 Å². The van der Waals surface area contributed by atoms with Crippen LogP contribution >= 0.6 is 0 Å². The number of ether oxygens (including phenoxy) is 3. The van der Waals surface area contributed by atoms with Crippen LogP contribution in [0.4, 0.5) is 16.3 Å². The molecule has 1 amide bonds. The maximum Gasteiger partial charge on any atom is 0.407 e. The number of nitrogens with one attached hydrogen (secondary N) is 1. The number of aryl methyl sites for hydroxylation is 1. The Labute approximate surface area is 179 Å². The second-order valence-electron chi connectivity index (χ2n) is 7.46. The first-order chi connectivity index (χ1) is 15.0. The minimum absolute atomic E-state index is 0.226. The number of aromatic nitrogens is 3. The molecule has 1 aromatic carbocycles. The lowest BCUT2D eigenvalue weighted by Crippen LogP contribution is -2.24. The van der Waals surface area contributed by atoms with Crippen molar-refractivity contribution in [2.75, 3.05) is 38.1 Å². The standard InChI is InChI=1S/C21H26N6O4/c1-26(2)18-10-15(22)19-20(25-18)27(12-24-19)7-3-4-8-29-21(28)23-11-14-5-6-16-17(9-14)31-13-30-16/h5-6,9-10,12H,3-4,7-8,11,13H2,1-2H3,(H2,22,25)(H,23,28). The van der Waals surface area contributed by atoms with E-state index in [1.165, 1.54) is 0 Å². The summed E-state index contributed by atoms with van der Waals surface area (Å²) >= 11 is 0. The number of carbonyl (C=O) groups excluding carboxylic acids is 1. The fourth-order valence-electron chi connectivity index (χ4n) is 3.26. The molecule has 1 aliphatic heterocycles. The van der Waals surface area contributed by atoms with Crippen molar-refractivity contribution < 1.29 is 19.0 Å². The molecule has 3 heterocycles. The van der Waals surface area contributed by atoms with E-state index in [0.717, 1.165) is 29.9 Å². The number of alkyl carbamates (subject to hydrolysis) is 1. The molecule has 0 atom stereocenters. The number of imidazole rings is 1. The molecule has 2 aromatic heterocycles. The van der Waals surface area contributed by atoms with Gasteiger partial charge in [0.25, 0.3) is 0 Å². The molecule has 0 unspecified atom stereocenters. The van der Waals surface area contributed by atoms with Gasteiger partial charge in [0.1, 0.15) is 11.3 Å². The predicted octanol–water partition coefficient (Wildman–Crippen LogP) is 2.51. The Balaban J connectivity index is 1.20. The van der Waals surface area contributed by atoms with Crippen molar-refractivity contribution in [3.8, 4) is 11.5 Å². The highest BCUT2D eigenvalue weighted by Gasteiger charge is 2.14. The van der Waals surface area contributed by atoms with Crippen LogP contribution in [0, 0.1) is 0 Å². The molecular weight excluding hydrogens is 400 g/mol. The Morgan fingerprint density at radius 3 is 2.94 bits per heavy atom. The molecule has 3 N–H and O–H groups in total. The van der Waals surface area contributed by atoms with E-state index in [1.807, 2.05) is 47.8 Å². The Hall–Kier alpha value is -3.69. The van der Waals surface area contributed by atoms with Crippen molar-refractivity contribution in [3.63, 3.8) is 0 Å². The number of carbonyl (C=O) groups is 1. The number of hydrogen-bond donors (Lipinski definition) is 2. The van der Waals surface area contributed by atoms with Crippen molar-refractivity contribution >= 4 is 28.8 Å². The number of benzene rings is 1. The second kappa shape index (κ2) is 8.99. The van der Waals surface area contributed by atoms with Gasteiger partial charge in [-0.05, 0) is 30.5 Å². The number of pyridine rings is 1. The van der Waals surface area contributed by atoms with Gasteiger partial charge in [0.05, 0.1) is 18.6 Å². The van der Waals surface area contributed by atoms with Crippen LogP contribution in [-0.4, -0.2) is 48.1 Å². The third kappa shape index (κ3) is 4.73. The van der Waals surface area contributed by atoms with Crippen LogP contribution in [0.1, 0.15) is 18.4 Å². The quantitative estimate of drug-likeness (QED) is 0.528. The van der Waals surface area contributed by atoms with Crippen molar-refractivity contribution in [3.05, 3.63) is 36.2 Å². The molecule has 31 heavy (non-hydrogen) atoms. The third-order valence-corrected chi connectivity index (χ3v) is 4.95. The third-order valence-electron chi connectivity index (χ3n) is 4.95. The normalized spacial score (nSPS) is 12.2. The molecule has 164 valence electrons. The highest BCUT2D eigenvalue weighted by molar-refractivity contribution is 5.86. The maximum atomic E-state index is 11.9. The number of unbranched alkanes of at least 4 members (excludes halogenated alkanes) is 1. The van der Waals surface area contributed by atoms with Gasteiger partial charge in [0.15, 0.2) is 17.1 Å². The highest BCUT2D eigenvalue weighted by atomic mass is 16.7. The zero-order valence-electron chi connectivity index (χ0n) is 17.6. The summed E-state index contributed by atoms with van der Waals surface area (Å²) in [6, 6.07) is 7.37. The molecule has 0 saturated carbocycles. The minimum atomic E-state index is -0.448. The van der Waals surface area contributed by atoms with Crippen LogP contribution in [0.2, 0.25) is 0 Å². The van der Waals surface area contributed by atoms with E-state index in [2.05, 4.69) is 15.3 Å². The molecule has 0 radical (unpaired) electrons. The zero-order valence-corrected chi connectivity index (χ0v) is 17.6. The Kier molecular flexibility index (Phi) is 5.96. The fraction of sp³-hybridized carbons (Fsp3) is 0.381. The van der Waals surface area contributed by atoms with E-state index < -0.39 is 6.09 Å². The van der Waals surface area contributed by atoms with Gasteiger partial charge < -0.3 is 34.7 Å². The molecule has 0 aliphatic carbocycles. The first-order valence-electron chi connectivity index (χ1n) is 10.1. The average Bonchev–Trinajstić information content (AvgIpc) is 3.38. The van der Waals surface area contributed by atoms with E-state index in [4.69, 9.17) is 19.9 Å². The van der Waals surface area contributed by atoms with Crippen LogP contribution < -0.4 is 25.4 Å². The number of nitrogens with two attached hydrogens (primary N) is 1. The molecular formula is C21H26N6O4. The van der Waals surface area contributed by atoms with Gasteiger partial charge in [-0.15, -0.1) is 0 Å². The van der Waals surface area contributed by atoms with Crippen molar-refractivity contribution in [2.45, 2.75) is 25.9 Å². The van der Waals surface area contributed by atoms with E-state index in [1.54, 1.807) is 6.33 Å². The number of fused-ring (bicyclic) bond motifs is 2. The topological polar surface area (TPSA) is 117 Å². The van der Waals surface area contributed by atoms with Crippen molar-refractivity contribution in [1.82, 2.24) is 19.9 Å². The number of hydrogen-bond acceptors (Lipinski definition) is 8. The van der Waals surface area contributed by atoms with Gasteiger partial charge in [-0.25, -0.2) is 14.8 Å². The van der Waals surface area contributed by atoms with E-state index in [-0.39, 0.29) is 6.79 Å². The van der Waals surface area contributed by atoms with Gasteiger partial charge in [-0.2, -0.15) is 0 Å². The van der Waals surface area contributed by atoms with Crippen LogP contribution in [0.5, 0.6) is 11.5 Å². The molecule has 4 rings (SSSR count). The minimum Gasteiger partial charge on any atom is -0.454 e. The van der Waals surface area contributed by atoms with Gasteiger partial charge in [-0.3, -0.25) is 0 Å². The molecule has 3 aromatic rings. The van der Waals surface area contributed by atoms with Crippen LogP contribution in [0.15, 0.2) is 30.6 Å². The fourth-order valence-corrected chi connectivity index (χ4v) is 3.26. The lowest BCUT2D eigenvalue weighted by molar-refractivity contribution is 0.143. The van der Waals surface area contributed by atoms with Crippen molar-refractivity contribution in [2.24, 2.45) is 0 Å². The zero-order chi connectivity index (χ0) is 21.8. The number of nitrogens with zero attached hydrogens (tertiary/aromatic N) is 4. The van der Waals surface area contributed by atoms with Gasteiger partial charge in [0, 0.05) is 33.3 Å². The lowest BCUT2D eigenvalue weighted by Gasteiger charge is -2.13. The number of nitrogen functional groups attached to an aromatic ring is 1. The second-order valence-corrected chi connectivity index (χ2v) is 7.46. The molecule has 1 aliphatic rings. The number of rotatable bonds is 8. The molecule has 0 spiro atoms. The SMILES string of the molecule is CN(C)c1cc(N)c2ncn(CCCCOC(=O)NCc3ccc4c(c3)OCO4)c2n1. The summed E-state index contributed by atoms with van der Waals surface area (Å²) in [6.07, 6.45) is 2.83. The summed E-state index contributed by atoms with van der Waals surface area (Å²) in [4.78, 5) is 22.8. The summed E-state index contributed by atoms with van der Waals surface area (Å²) in [5.41, 5.74) is 9.07. The average molecular weight is 426 g/mol. The monoisotopic (exact) mass is 426 g/mol. The molecule has 0 saturated heterocycles. The molecule has 0 fully saturated rings. The first-order valence-corrected chi connectivity index (χ1v) is 10.1. The summed E-state index contributed by atoms with van der Waals surface area (Å²) in [5.74, 6) is 2.19. The summed E-state index contributed by atoms with van der Waals surface area (Å²) in [7, 11) is 3.84. The van der Waals surface area contributed by atoms with Crippen LogP contribution in [0.3, 0.4) is 0 Å². The van der Waals surface area contributed by atoms with E-state index >= 15 is 0 Å². The lowest BCUT2D eigenvalue weighted by atomic mass is 10.2. The van der Waals surface area contributed by atoms with Gasteiger partial charge in [0.2, 0.25) is 6.79 Å². The maximum absolute atomic E-state index is 11.9.